The van der Waals surface area contributed by atoms with Crippen LogP contribution in [0.4, 0.5) is 0 Å². The van der Waals surface area contributed by atoms with Gasteiger partial charge in [0.05, 0.1) is 33.1 Å². The number of fused-ring (bicyclic) bond motifs is 1. The summed E-state index contributed by atoms with van der Waals surface area (Å²) in [5, 5.41) is 16.2. The molecule has 1 aliphatic heterocycles. The zero-order chi connectivity index (χ0) is 22.4. The van der Waals surface area contributed by atoms with E-state index >= 15 is 0 Å². The number of thiocarbonyl (C=S) groups is 2. The minimum atomic E-state index is -1.00. The minimum Gasteiger partial charge on any atom is -0.382 e. The molecule has 2 saturated carbocycles. The molecular weight excluding hydrogens is 414 g/mol. The van der Waals surface area contributed by atoms with Crippen LogP contribution in [0.3, 0.4) is 0 Å². The molecule has 0 aromatic rings. The van der Waals surface area contributed by atoms with Gasteiger partial charge in [-0.2, -0.15) is 0 Å². The summed E-state index contributed by atoms with van der Waals surface area (Å²) >= 11 is 9.81. The molecule has 2 aliphatic carbocycles. The van der Waals surface area contributed by atoms with E-state index in [9.17, 15) is 5.11 Å². The zero-order valence-electron chi connectivity index (χ0n) is 18.6. The van der Waals surface area contributed by atoms with E-state index in [-0.39, 0.29) is 35.0 Å². The summed E-state index contributed by atoms with van der Waals surface area (Å²) in [5.74, 6) is 0.342. The highest BCUT2D eigenvalue weighted by Crippen LogP contribution is 2.58. The average Bonchev–Trinajstić information content (AvgIpc) is 3.05. The molecule has 3 aliphatic rings. The Morgan fingerprint density at radius 1 is 1.07 bits per heavy atom. The van der Waals surface area contributed by atoms with Gasteiger partial charge in [-0.1, -0.05) is 0 Å². The van der Waals surface area contributed by atoms with Crippen LogP contribution >= 0.6 is 24.4 Å². The third-order valence-corrected chi connectivity index (χ3v) is 8.50. The van der Waals surface area contributed by atoms with Gasteiger partial charge >= 0.3 is 0 Å². The van der Waals surface area contributed by atoms with Crippen LogP contribution in [0, 0.1) is 24.3 Å². The van der Waals surface area contributed by atoms with E-state index < -0.39 is 17.2 Å². The van der Waals surface area contributed by atoms with Crippen molar-refractivity contribution >= 4 is 34.8 Å². The molecule has 3 fully saturated rings. The molecule has 164 valence electrons. The summed E-state index contributed by atoms with van der Waals surface area (Å²) in [6, 6.07) is -0.479. The highest BCUT2D eigenvalue weighted by Gasteiger charge is 2.64. The second-order valence-corrected chi connectivity index (χ2v) is 11.0. The van der Waals surface area contributed by atoms with E-state index in [1.807, 2.05) is 20.8 Å². The lowest BCUT2D eigenvalue weighted by Gasteiger charge is -2.55. The van der Waals surface area contributed by atoms with Crippen LogP contribution in [-0.2, 0) is 4.74 Å². The molecule has 5 nitrogen and oxygen atoms in total. The first-order chi connectivity index (χ1) is 13.9. The molecule has 1 heterocycles. The Bertz CT molecular complexity index is 825. The molecule has 8 atom stereocenters. The average molecular weight is 448 g/mol. The molecule has 1 saturated heterocycles. The highest BCUT2D eigenvalue weighted by molar-refractivity contribution is 7.78. The van der Waals surface area contributed by atoms with Crippen LogP contribution in [0.1, 0.15) is 73.1 Å². The monoisotopic (exact) mass is 447 g/mol. The maximum Gasteiger partial charge on any atom is 0.255 e. The molecule has 0 aromatic heterocycles. The predicted molar refractivity (Wildman–Crippen MR) is 125 cm³/mol. The lowest BCUT2D eigenvalue weighted by Crippen LogP contribution is -2.62. The number of aliphatic hydroxyl groups is 1. The van der Waals surface area contributed by atoms with Crippen molar-refractivity contribution < 1.29 is 9.84 Å². The summed E-state index contributed by atoms with van der Waals surface area (Å²) in [6.45, 7) is 18.1. The Hall–Kier alpha value is -0.990. The Balaban J connectivity index is 1.99. The lowest BCUT2D eigenvalue weighted by molar-refractivity contribution is -0.152. The number of hydrogen-bond donors (Lipinski definition) is 1. The maximum absolute atomic E-state index is 11.1. The van der Waals surface area contributed by atoms with Gasteiger partial charge in [-0.3, -0.25) is 0 Å². The van der Waals surface area contributed by atoms with Crippen LogP contribution in [0.5, 0.6) is 0 Å². The van der Waals surface area contributed by atoms with Gasteiger partial charge in [0.1, 0.15) is 5.60 Å². The van der Waals surface area contributed by atoms with Crippen LogP contribution in [0.15, 0.2) is 9.98 Å². The van der Waals surface area contributed by atoms with Crippen LogP contribution in [0.25, 0.3) is 4.85 Å². The molecule has 0 amide bonds. The van der Waals surface area contributed by atoms with Gasteiger partial charge in [0.15, 0.2) is 0 Å². The Labute approximate surface area is 191 Å². The minimum absolute atomic E-state index is 0.00187. The Morgan fingerprint density at radius 2 is 1.73 bits per heavy atom. The summed E-state index contributed by atoms with van der Waals surface area (Å²) < 4.78 is 6.71. The van der Waals surface area contributed by atoms with Crippen molar-refractivity contribution in [3.63, 3.8) is 0 Å². The maximum atomic E-state index is 11.1. The van der Waals surface area contributed by atoms with Crippen molar-refractivity contribution in [2.75, 3.05) is 0 Å². The van der Waals surface area contributed by atoms with E-state index in [1.165, 1.54) is 0 Å². The normalized spacial score (nSPS) is 46.1. The number of aliphatic imine (C=N–C) groups is 2. The summed E-state index contributed by atoms with van der Waals surface area (Å²) in [6.07, 6.45) is 4.97. The Kier molecular flexibility index (Phi) is 6.45. The van der Waals surface area contributed by atoms with Gasteiger partial charge in [-0.25, -0.2) is 16.6 Å². The standard InChI is InChI=1S/C23H33N3O2S2/c1-20(2,25-13-29)17-9-12-23(5,28-17)16-7-10-21(3,26-14-30)15-8-11-22(4,27)19(24-6)18(15)16/h15-19,27H,7-12H2,1-5H3/t15-,16-,17-,18-,19+,21-,22+,23+/m0/s1. The molecule has 0 spiro atoms. The van der Waals surface area contributed by atoms with Gasteiger partial charge in [0.2, 0.25) is 0 Å². The Morgan fingerprint density at radius 3 is 2.33 bits per heavy atom. The molecule has 7 heteroatoms. The summed E-state index contributed by atoms with van der Waals surface area (Å²) in [7, 11) is 0. The first kappa shape index (κ1) is 23.7. The third kappa shape index (κ3) is 3.95. The zero-order valence-corrected chi connectivity index (χ0v) is 20.3. The van der Waals surface area contributed by atoms with Crippen LogP contribution in [-0.4, -0.2) is 49.9 Å². The number of rotatable bonds is 4. The topological polar surface area (TPSA) is 58.5 Å². The first-order valence-corrected chi connectivity index (χ1v) is 11.7. The van der Waals surface area contributed by atoms with E-state index in [0.29, 0.717) is 6.42 Å². The lowest BCUT2D eigenvalue weighted by atomic mass is 9.51. The van der Waals surface area contributed by atoms with Crippen molar-refractivity contribution in [1.82, 2.24) is 0 Å². The molecule has 1 N–H and O–H groups in total. The number of hydrogen-bond acceptors (Lipinski definition) is 6. The van der Waals surface area contributed by atoms with Crippen LogP contribution in [0.2, 0.25) is 0 Å². The van der Waals surface area contributed by atoms with Crippen molar-refractivity contribution in [2.45, 2.75) is 108 Å². The fraction of sp³-hybridized carbons (Fsp3) is 0.870. The quantitative estimate of drug-likeness (QED) is 0.368. The molecule has 30 heavy (non-hydrogen) atoms. The highest BCUT2D eigenvalue weighted by atomic mass is 32.1. The summed E-state index contributed by atoms with van der Waals surface area (Å²) in [5.41, 5.74) is -2.14. The van der Waals surface area contributed by atoms with Gasteiger partial charge < -0.3 is 14.7 Å². The summed E-state index contributed by atoms with van der Waals surface area (Å²) in [4.78, 5) is 12.9. The smallest absolute Gasteiger partial charge is 0.255 e. The van der Waals surface area contributed by atoms with E-state index in [2.05, 4.69) is 39.0 Å². The third-order valence-electron chi connectivity index (χ3n) is 8.31. The van der Waals surface area contributed by atoms with Crippen molar-refractivity contribution in [3.05, 3.63) is 11.4 Å². The van der Waals surface area contributed by atoms with Crippen LogP contribution < -0.4 is 0 Å². The van der Waals surface area contributed by atoms with E-state index in [4.69, 9.17) is 35.7 Å². The number of isothiocyanates is 2. The van der Waals surface area contributed by atoms with Crippen molar-refractivity contribution in [1.29, 1.82) is 0 Å². The molecular formula is C23H33N3O2S2. The molecule has 0 aromatic carbocycles. The second kappa shape index (κ2) is 8.17. The largest absolute Gasteiger partial charge is 0.382 e. The van der Waals surface area contributed by atoms with E-state index in [0.717, 1.165) is 32.1 Å². The SMILES string of the molecule is [C-]#[N+][C@@H]1[C@@H]2[C@@H]([C@@]3(C)CC[C@@H](C(C)(C)N=C=S)O3)CC[C@](C)(N=C=S)[C@H]2CC[C@@]1(C)O. The molecule has 3 rings (SSSR count). The fourth-order valence-electron chi connectivity index (χ4n) is 6.48. The van der Waals surface area contributed by atoms with Gasteiger partial charge in [0.25, 0.3) is 6.04 Å². The predicted octanol–water partition coefficient (Wildman–Crippen LogP) is 5.14. The van der Waals surface area contributed by atoms with Crippen molar-refractivity contribution in [3.8, 4) is 0 Å². The van der Waals surface area contributed by atoms with Crippen molar-refractivity contribution in [2.24, 2.45) is 27.7 Å². The number of nitrogens with zero attached hydrogens (tertiary/aromatic N) is 3. The second-order valence-electron chi connectivity index (χ2n) is 10.7. The van der Waals surface area contributed by atoms with Gasteiger partial charge in [-0.15, -0.1) is 0 Å². The molecule has 0 radical (unpaired) electrons. The van der Waals surface area contributed by atoms with Gasteiger partial charge in [0, 0.05) is 5.92 Å². The first-order valence-electron chi connectivity index (χ1n) is 10.9. The van der Waals surface area contributed by atoms with E-state index in [1.54, 1.807) is 0 Å². The van der Waals surface area contributed by atoms with Gasteiger partial charge in [-0.05, 0) is 109 Å². The molecule has 0 unspecified atom stereocenters. The molecule has 0 bridgehead atoms. The fourth-order valence-corrected chi connectivity index (χ4v) is 6.92. The number of ether oxygens (including phenoxy) is 1.